The molecule has 3 nitrogen and oxygen atoms in total. The van der Waals surface area contributed by atoms with Gasteiger partial charge in [0.1, 0.15) is 12.1 Å². The molecular weight excluding hydrogens is 231 g/mol. The van der Waals surface area contributed by atoms with Gasteiger partial charge in [0.25, 0.3) is 0 Å². The van der Waals surface area contributed by atoms with E-state index in [0.717, 1.165) is 25.7 Å². The van der Waals surface area contributed by atoms with E-state index in [1.165, 1.54) is 12.1 Å². The fourth-order valence-corrected chi connectivity index (χ4v) is 2.35. The lowest BCUT2D eigenvalue weighted by Crippen LogP contribution is -2.35. The van der Waals surface area contributed by atoms with E-state index in [1.54, 1.807) is 6.07 Å². The molecule has 2 rings (SSSR count). The van der Waals surface area contributed by atoms with Gasteiger partial charge in [-0.3, -0.25) is 4.90 Å². The second-order valence-corrected chi connectivity index (χ2v) is 4.69. The van der Waals surface area contributed by atoms with Crippen molar-refractivity contribution in [3.63, 3.8) is 0 Å². The maximum atomic E-state index is 13.6. The zero-order valence-electron chi connectivity index (χ0n) is 10.1. The maximum Gasteiger partial charge on any atom is 0.127 e. The third-order valence-electron chi connectivity index (χ3n) is 3.30. The van der Waals surface area contributed by atoms with Crippen molar-refractivity contribution in [2.75, 3.05) is 13.1 Å². The van der Waals surface area contributed by atoms with Gasteiger partial charge < -0.3 is 4.79 Å². The quantitative estimate of drug-likeness (QED) is 0.767. The molecule has 0 amide bonds. The summed E-state index contributed by atoms with van der Waals surface area (Å²) in [4.78, 5) is 12.9. The van der Waals surface area contributed by atoms with E-state index in [-0.39, 0.29) is 11.7 Å². The van der Waals surface area contributed by atoms with Gasteiger partial charge >= 0.3 is 0 Å². The molecule has 0 aromatic heterocycles. The Morgan fingerprint density at radius 3 is 3.11 bits per heavy atom. The van der Waals surface area contributed by atoms with Crippen molar-refractivity contribution in [2.24, 2.45) is 5.92 Å². The summed E-state index contributed by atoms with van der Waals surface area (Å²) in [5.74, 6) is -0.233. The predicted octanol–water partition coefficient (Wildman–Crippen LogP) is 2.11. The summed E-state index contributed by atoms with van der Waals surface area (Å²) in [6.07, 6.45) is 2.86. The van der Waals surface area contributed by atoms with Gasteiger partial charge in [0.15, 0.2) is 0 Å². The van der Waals surface area contributed by atoms with E-state index in [1.807, 2.05) is 6.07 Å². The first-order chi connectivity index (χ1) is 8.72. The van der Waals surface area contributed by atoms with Crippen LogP contribution in [0.3, 0.4) is 0 Å². The molecule has 0 bridgehead atoms. The Kier molecular flexibility index (Phi) is 4.06. The second-order valence-electron chi connectivity index (χ2n) is 4.69. The number of likely N-dealkylation sites (tertiary alicyclic amines) is 1. The molecule has 0 N–H and O–H groups in total. The average molecular weight is 246 g/mol. The van der Waals surface area contributed by atoms with Gasteiger partial charge in [-0.25, -0.2) is 4.39 Å². The summed E-state index contributed by atoms with van der Waals surface area (Å²) in [5.41, 5.74) is 0.996. The average Bonchev–Trinajstić information content (AvgIpc) is 2.41. The van der Waals surface area contributed by atoms with E-state index < -0.39 is 0 Å². The highest BCUT2D eigenvalue weighted by molar-refractivity contribution is 5.54. The number of piperidine rings is 1. The number of hydrogen-bond acceptors (Lipinski definition) is 3. The summed E-state index contributed by atoms with van der Waals surface area (Å²) in [5, 5.41) is 8.81. The van der Waals surface area contributed by atoms with E-state index in [9.17, 15) is 9.18 Å². The van der Waals surface area contributed by atoms with Crippen molar-refractivity contribution < 1.29 is 9.18 Å². The topological polar surface area (TPSA) is 44.1 Å². The van der Waals surface area contributed by atoms with Crippen molar-refractivity contribution in [2.45, 2.75) is 19.4 Å². The molecule has 94 valence electrons. The number of aldehydes is 1. The third-order valence-corrected chi connectivity index (χ3v) is 3.30. The number of carbonyl (C=O) groups is 1. The zero-order chi connectivity index (χ0) is 13.0. The first-order valence-electron chi connectivity index (χ1n) is 6.09. The third kappa shape index (κ3) is 2.93. The lowest BCUT2D eigenvalue weighted by molar-refractivity contribution is -0.112. The predicted molar refractivity (Wildman–Crippen MR) is 65.2 cm³/mol. The van der Waals surface area contributed by atoms with Gasteiger partial charge in [0, 0.05) is 24.6 Å². The van der Waals surface area contributed by atoms with Gasteiger partial charge in [-0.1, -0.05) is 0 Å². The molecule has 1 aliphatic rings. The SMILES string of the molecule is N#Cc1ccc(F)c(CN2CCCC(C=O)C2)c1. The largest absolute Gasteiger partial charge is 0.303 e. The normalized spacial score (nSPS) is 20.3. The van der Waals surface area contributed by atoms with E-state index in [0.29, 0.717) is 24.2 Å². The highest BCUT2D eigenvalue weighted by Gasteiger charge is 2.20. The molecule has 1 aromatic rings. The minimum absolute atomic E-state index is 0.0564. The summed E-state index contributed by atoms with van der Waals surface area (Å²) >= 11 is 0. The first kappa shape index (κ1) is 12.7. The van der Waals surface area contributed by atoms with Crippen molar-refractivity contribution >= 4 is 6.29 Å². The number of carbonyl (C=O) groups excluding carboxylic acids is 1. The Morgan fingerprint density at radius 2 is 2.39 bits per heavy atom. The Morgan fingerprint density at radius 1 is 1.56 bits per heavy atom. The van der Waals surface area contributed by atoms with Crippen LogP contribution in [0.4, 0.5) is 4.39 Å². The van der Waals surface area contributed by atoms with Crippen molar-refractivity contribution in [1.29, 1.82) is 5.26 Å². The number of nitrogens with zero attached hydrogens (tertiary/aromatic N) is 2. The second kappa shape index (κ2) is 5.74. The highest BCUT2D eigenvalue weighted by Crippen LogP contribution is 2.19. The van der Waals surface area contributed by atoms with Gasteiger partial charge in [0.05, 0.1) is 11.6 Å². The van der Waals surface area contributed by atoms with Gasteiger partial charge in [0.2, 0.25) is 0 Å². The number of hydrogen-bond donors (Lipinski definition) is 0. The minimum atomic E-state index is -0.290. The maximum absolute atomic E-state index is 13.6. The monoisotopic (exact) mass is 246 g/mol. The summed E-state index contributed by atoms with van der Waals surface area (Å²) in [6.45, 7) is 2.02. The fraction of sp³-hybridized carbons (Fsp3) is 0.429. The molecule has 0 spiro atoms. The van der Waals surface area contributed by atoms with Crippen LogP contribution >= 0.6 is 0 Å². The van der Waals surface area contributed by atoms with E-state index in [2.05, 4.69) is 4.90 Å². The zero-order valence-corrected chi connectivity index (χ0v) is 10.1. The number of nitriles is 1. The standard InChI is InChI=1S/C14H15FN2O/c15-14-4-3-11(7-16)6-13(14)9-17-5-1-2-12(8-17)10-18/h3-4,6,10,12H,1-2,5,8-9H2. The lowest BCUT2D eigenvalue weighted by atomic mass is 9.99. The van der Waals surface area contributed by atoms with Crippen LogP contribution in [-0.2, 0) is 11.3 Å². The van der Waals surface area contributed by atoms with Crippen LogP contribution in [0.25, 0.3) is 0 Å². The van der Waals surface area contributed by atoms with Gasteiger partial charge in [-0.15, -0.1) is 0 Å². The molecule has 0 radical (unpaired) electrons. The van der Waals surface area contributed by atoms with Crippen LogP contribution in [0.1, 0.15) is 24.0 Å². The first-order valence-corrected chi connectivity index (χ1v) is 6.09. The number of rotatable bonds is 3. The van der Waals surface area contributed by atoms with Crippen LogP contribution in [0.2, 0.25) is 0 Å². The molecule has 1 heterocycles. The highest BCUT2D eigenvalue weighted by atomic mass is 19.1. The number of halogens is 1. The fourth-order valence-electron chi connectivity index (χ4n) is 2.35. The molecule has 1 unspecified atom stereocenters. The van der Waals surface area contributed by atoms with Crippen LogP contribution in [0.5, 0.6) is 0 Å². The Hall–Kier alpha value is -1.73. The molecule has 0 saturated carbocycles. The van der Waals surface area contributed by atoms with Crippen molar-refractivity contribution in [3.05, 3.63) is 35.1 Å². The van der Waals surface area contributed by atoms with Crippen molar-refractivity contribution in [1.82, 2.24) is 4.90 Å². The molecule has 1 atom stereocenters. The van der Waals surface area contributed by atoms with Crippen LogP contribution in [0, 0.1) is 23.1 Å². The lowest BCUT2D eigenvalue weighted by Gasteiger charge is -2.30. The smallest absolute Gasteiger partial charge is 0.127 e. The number of benzene rings is 1. The minimum Gasteiger partial charge on any atom is -0.303 e. The summed E-state index contributed by atoms with van der Waals surface area (Å²) < 4.78 is 13.6. The Labute approximate surface area is 106 Å². The Bertz CT molecular complexity index is 481. The molecular formula is C14H15FN2O. The van der Waals surface area contributed by atoms with E-state index in [4.69, 9.17) is 5.26 Å². The molecule has 4 heteroatoms. The van der Waals surface area contributed by atoms with Crippen LogP contribution in [0.15, 0.2) is 18.2 Å². The van der Waals surface area contributed by atoms with Crippen LogP contribution < -0.4 is 0 Å². The van der Waals surface area contributed by atoms with Gasteiger partial charge in [-0.05, 0) is 37.6 Å². The molecule has 1 saturated heterocycles. The Balaban J connectivity index is 2.09. The molecule has 1 aliphatic heterocycles. The van der Waals surface area contributed by atoms with Crippen LogP contribution in [-0.4, -0.2) is 24.3 Å². The molecule has 1 fully saturated rings. The van der Waals surface area contributed by atoms with Crippen molar-refractivity contribution in [3.8, 4) is 6.07 Å². The van der Waals surface area contributed by atoms with Gasteiger partial charge in [-0.2, -0.15) is 5.26 Å². The molecule has 18 heavy (non-hydrogen) atoms. The molecule has 0 aliphatic carbocycles. The molecule has 1 aromatic carbocycles. The van der Waals surface area contributed by atoms with E-state index >= 15 is 0 Å². The summed E-state index contributed by atoms with van der Waals surface area (Å²) in [6, 6.07) is 6.40. The summed E-state index contributed by atoms with van der Waals surface area (Å²) in [7, 11) is 0.